The summed E-state index contributed by atoms with van der Waals surface area (Å²) in [6.45, 7) is 1.13. The summed E-state index contributed by atoms with van der Waals surface area (Å²) in [6.07, 6.45) is 0. The van der Waals surface area contributed by atoms with Crippen molar-refractivity contribution in [3.8, 4) is 11.5 Å². The average Bonchev–Trinajstić information content (AvgIpc) is 2.61. The number of amides is 1. The Balaban J connectivity index is 1.65. The van der Waals surface area contributed by atoms with Crippen LogP contribution in [-0.2, 0) is 11.3 Å². The van der Waals surface area contributed by atoms with E-state index in [4.69, 9.17) is 9.47 Å². The maximum absolute atomic E-state index is 13.5. The zero-order valence-electron chi connectivity index (χ0n) is 13.3. The van der Waals surface area contributed by atoms with Gasteiger partial charge < -0.3 is 19.7 Å². The van der Waals surface area contributed by atoms with Gasteiger partial charge in [0.25, 0.3) is 5.91 Å². The van der Waals surface area contributed by atoms with Crippen molar-refractivity contribution in [3.63, 3.8) is 0 Å². The lowest BCUT2D eigenvalue weighted by Gasteiger charge is -2.38. The van der Waals surface area contributed by atoms with Crippen LogP contribution < -0.4 is 19.7 Å². The van der Waals surface area contributed by atoms with E-state index in [9.17, 15) is 9.18 Å². The first-order chi connectivity index (χ1) is 12.1. The number of hydrogen-bond donors (Lipinski definition) is 1. The minimum absolute atomic E-state index is 0.0421. The SMILES string of the molecule is O=C1COc2ccc(CN3c4ccc(F)cc4OC[C@@H]3CBr)cc2N1. The Morgan fingerprint density at radius 3 is 2.92 bits per heavy atom. The zero-order chi connectivity index (χ0) is 17.4. The van der Waals surface area contributed by atoms with Gasteiger partial charge in [-0.1, -0.05) is 22.0 Å². The van der Waals surface area contributed by atoms with E-state index >= 15 is 0 Å². The summed E-state index contributed by atoms with van der Waals surface area (Å²) in [5, 5.41) is 3.55. The van der Waals surface area contributed by atoms with Crippen LogP contribution in [0.25, 0.3) is 0 Å². The van der Waals surface area contributed by atoms with Gasteiger partial charge in [-0.2, -0.15) is 0 Å². The van der Waals surface area contributed by atoms with Gasteiger partial charge in [-0.3, -0.25) is 4.79 Å². The smallest absolute Gasteiger partial charge is 0.262 e. The highest BCUT2D eigenvalue weighted by Gasteiger charge is 2.27. The summed E-state index contributed by atoms with van der Waals surface area (Å²) < 4.78 is 24.6. The molecule has 2 aliphatic rings. The van der Waals surface area contributed by atoms with Gasteiger partial charge in [0.2, 0.25) is 0 Å². The zero-order valence-corrected chi connectivity index (χ0v) is 14.9. The van der Waals surface area contributed by atoms with Gasteiger partial charge in [-0.25, -0.2) is 4.39 Å². The van der Waals surface area contributed by atoms with E-state index in [1.807, 2.05) is 18.2 Å². The standard InChI is InChI=1S/C18H16BrFN2O3/c19-7-13-9-24-17-6-12(20)2-3-15(17)22(13)8-11-1-4-16-14(5-11)21-18(23)10-25-16/h1-6,13H,7-10H2,(H,21,23)/t13-/m0/s1. The molecule has 2 heterocycles. The molecule has 0 bridgehead atoms. The van der Waals surface area contributed by atoms with Crippen molar-refractivity contribution in [2.24, 2.45) is 0 Å². The molecule has 4 rings (SSSR count). The molecule has 2 aromatic carbocycles. The van der Waals surface area contributed by atoms with Crippen molar-refractivity contribution in [3.05, 3.63) is 47.8 Å². The predicted molar refractivity (Wildman–Crippen MR) is 96.2 cm³/mol. The van der Waals surface area contributed by atoms with Gasteiger partial charge in [-0.05, 0) is 29.8 Å². The Hall–Kier alpha value is -2.28. The second-order valence-corrected chi connectivity index (χ2v) is 6.67. The van der Waals surface area contributed by atoms with Crippen LogP contribution in [0.5, 0.6) is 11.5 Å². The molecule has 0 fully saturated rings. The summed E-state index contributed by atoms with van der Waals surface area (Å²) >= 11 is 3.53. The van der Waals surface area contributed by atoms with E-state index in [-0.39, 0.29) is 24.4 Å². The molecule has 0 spiro atoms. The molecule has 2 aromatic rings. The lowest BCUT2D eigenvalue weighted by Crippen LogP contribution is -2.43. The Morgan fingerprint density at radius 1 is 1.20 bits per heavy atom. The lowest BCUT2D eigenvalue weighted by atomic mass is 10.1. The molecule has 0 aliphatic carbocycles. The van der Waals surface area contributed by atoms with Crippen molar-refractivity contribution < 1.29 is 18.7 Å². The van der Waals surface area contributed by atoms with E-state index in [1.54, 1.807) is 6.07 Å². The number of carbonyl (C=O) groups excluding carboxylic acids is 1. The quantitative estimate of drug-likeness (QED) is 0.794. The summed E-state index contributed by atoms with van der Waals surface area (Å²) in [7, 11) is 0. The van der Waals surface area contributed by atoms with Gasteiger partial charge in [0.1, 0.15) is 23.9 Å². The molecule has 0 aromatic heterocycles. The minimum Gasteiger partial charge on any atom is -0.489 e. The highest BCUT2D eigenvalue weighted by atomic mass is 79.9. The highest BCUT2D eigenvalue weighted by molar-refractivity contribution is 9.09. The third-order valence-corrected chi connectivity index (χ3v) is 5.06. The number of carbonyl (C=O) groups is 1. The number of ether oxygens (including phenoxy) is 2. The van der Waals surface area contributed by atoms with Gasteiger partial charge in [0.05, 0.1) is 17.4 Å². The largest absolute Gasteiger partial charge is 0.489 e. The molecular formula is C18H16BrFN2O3. The van der Waals surface area contributed by atoms with Crippen molar-refractivity contribution >= 4 is 33.2 Å². The molecule has 5 nitrogen and oxygen atoms in total. The summed E-state index contributed by atoms with van der Waals surface area (Å²) in [5.74, 6) is 0.747. The first-order valence-corrected chi connectivity index (χ1v) is 9.07. The van der Waals surface area contributed by atoms with Crippen LogP contribution in [-0.4, -0.2) is 30.5 Å². The number of nitrogens with one attached hydrogen (secondary N) is 1. The Bertz CT molecular complexity index is 830. The summed E-state index contributed by atoms with van der Waals surface area (Å²) in [6, 6.07) is 10.5. The van der Waals surface area contributed by atoms with Crippen LogP contribution in [0.4, 0.5) is 15.8 Å². The lowest BCUT2D eigenvalue weighted by molar-refractivity contribution is -0.118. The Labute approximate surface area is 152 Å². The monoisotopic (exact) mass is 406 g/mol. The number of alkyl halides is 1. The van der Waals surface area contributed by atoms with Crippen molar-refractivity contribution in [2.75, 3.05) is 28.8 Å². The number of fused-ring (bicyclic) bond motifs is 2. The van der Waals surface area contributed by atoms with Gasteiger partial charge in [0, 0.05) is 17.9 Å². The van der Waals surface area contributed by atoms with Crippen molar-refractivity contribution in [1.82, 2.24) is 0 Å². The molecule has 0 saturated carbocycles. The fourth-order valence-corrected chi connectivity index (χ4v) is 3.62. The van der Waals surface area contributed by atoms with Gasteiger partial charge in [0.15, 0.2) is 6.61 Å². The van der Waals surface area contributed by atoms with E-state index in [2.05, 4.69) is 26.1 Å². The molecule has 1 N–H and O–H groups in total. The number of hydrogen-bond acceptors (Lipinski definition) is 4. The molecular weight excluding hydrogens is 391 g/mol. The fourth-order valence-electron chi connectivity index (χ4n) is 3.08. The van der Waals surface area contributed by atoms with Crippen LogP contribution >= 0.6 is 15.9 Å². The Kier molecular flexibility index (Phi) is 4.25. The maximum Gasteiger partial charge on any atom is 0.262 e. The molecule has 0 radical (unpaired) electrons. The second kappa shape index (κ2) is 6.55. The number of rotatable bonds is 3. The Morgan fingerprint density at radius 2 is 2.08 bits per heavy atom. The van der Waals surface area contributed by atoms with Crippen molar-refractivity contribution in [2.45, 2.75) is 12.6 Å². The molecule has 1 amide bonds. The number of nitrogens with zero attached hydrogens (tertiary/aromatic N) is 1. The normalized spacial score (nSPS) is 18.6. The number of halogens is 2. The van der Waals surface area contributed by atoms with Gasteiger partial charge >= 0.3 is 0 Å². The van der Waals surface area contributed by atoms with Crippen molar-refractivity contribution in [1.29, 1.82) is 0 Å². The van der Waals surface area contributed by atoms with Crippen LogP contribution in [0, 0.1) is 5.82 Å². The third kappa shape index (κ3) is 3.16. The minimum atomic E-state index is -0.315. The molecule has 2 aliphatic heterocycles. The molecule has 7 heteroatoms. The molecule has 1 atom stereocenters. The molecule has 0 unspecified atom stereocenters. The third-order valence-electron chi connectivity index (χ3n) is 4.31. The average molecular weight is 407 g/mol. The number of benzene rings is 2. The topological polar surface area (TPSA) is 50.8 Å². The molecule has 130 valence electrons. The summed E-state index contributed by atoms with van der Waals surface area (Å²) in [5.41, 5.74) is 2.56. The molecule has 0 saturated heterocycles. The van der Waals surface area contributed by atoms with E-state index in [0.29, 0.717) is 30.3 Å². The first kappa shape index (κ1) is 16.2. The number of anilines is 2. The second-order valence-electron chi connectivity index (χ2n) is 6.03. The molecule has 25 heavy (non-hydrogen) atoms. The highest BCUT2D eigenvalue weighted by Crippen LogP contribution is 2.37. The van der Waals surface area contributed by atoms with Gasteiger partial charge in [-0.15, -0.1) is 0 Å². The van der Waals surface area contributed by atoms with E-state index in [0.717, 1.165) is 16.6 Å². The van der Waals surface area contributed by atoms with E-state index < -0.39 is 0 Å². The van der Waals surface area contributed by atoms with Crippen LogP contribution in [0.1, 0.15) is 5.56 Å². The van der Waals surface area contributed by atoms with E-state index in [1.165, 1.54) is 12.1 Å². The first-order valence-electron chi connectivity index (χ1n) is 7.94. The van der Waals surface area contributed by atoms with Crippen LogP contribution in [0.3, 0.4) is 0 Å². The fraction of sp³-hybridized carbons (Fsp3) is 0.278. The van der Waals surface area contributed by atoms with Crippen LogP contribution in [0.2, 0.25) is 0 Å². The predicted octanol–water partition coefficient (Wildman–Crippen LogP) is 3.32. The van der Waals surface area contributed by atoms with Crippen LogP contribution in [0.15, 0.2) is 36.4 Å². The maximum atomic E-state index is 13.5. The summed E-state index contributed by atoms with van der Waals surface area (Å²) in [4.78, 5) is 13.7.